The van der Waals surface area contributed by atoms with Crippen LogP contribution < -0.4 is 0 Å². The summed E-state index contributed by atoms with van der Waals surface area (Å²) in [7, 11) is 0. The third-order valence-corrected chi connectivity index (χ3v) is 6.20. The average molecular weight is 326 g/mol. The summed E-state index contributed by atoms with van der Waals surface area (Å²) in [6.45, 7) is 13.0. The van der Waals surface area contributed by atoms with E-state index >= 15 is 0 Å². The zero-order chi connectivity index (χ0) is 17.5. The summed E-state index contributed by atoms with van der Waals surface area (Å²) in [5, 5.41) is 4.57. The molecule has 24 heavy (non-hydrogen) atoms. The van der Waals surface area contributed by atoms with Crippen LogP contribution in [0.4, 0.5) is 0 Å². The number of fused-ring (bicyclic) bond motifs is 3. The van der Waals surface area contributed by atoms with E-state index in [2.05, 4.69) is 46.6 Å². The van der Waals surface area contributed by atoms with Crippen LogP contribution in [0, 0.1) is 11.3 Å². The summed E-state index contributed by atoms with van der Waals surface area (Å²) < 4.78 is 7.87. The maximum Gasteiger partial charge on any atom is 0.172 e. The molecule has 0 aliphatic heterocycles. The average Bonchev–Trinajstić information content (AvgIpc) is 3.07. The Labute approximate surface area is 143 Å². The molecule has 2 atom stereocenters. The number of rotatable bonds is 0. The maximum atomic E-state index is 13.4. The fraction of sp³-hybridized carbons (Fsp3) is 0.600. The van der Waals surface area contributed by atoms with E-state index in [1.165, 1.54) is 5.56 Å². The second-order valence-corrected chi connectivity index (χ2v) is 9.26. The maximum absolute atomic E-state index is 13.4. The number of nitrogens with zero attached hydrogens (tertiary/aromatic N) is 2. The van der Waals surface area contributed by atoms with Crippen LogP contribution in [0.25, 0.3) is 0 Å². The van der Waals surface area contributed by atoms with Crippen molar-refractivity contribution in [3.05, 3.63) is 41.1 Å². The van der Waals surface area contributed by atoms with Crippen molar-refractivity contribution in [3.8, 4) is 0 Å². The molecule has 2 aromatic rings. The van der Waals surface area contributed by atoms with Crippen molar-refractivity contribution >= 4 is 5.78 Å². The molecule has 2 aromatic heterocycles. The lowest BCUT2D eigenvalue weighted by atomic mass is 9.51. The molecule has 0 N–H and O–H groups in total. The second-order valence-electron chi connectivity index (χ2n) is 9.26. The molecule has 0 amide bonds. The lowest BCUT2D eigenvalue weighted by molar-refractivity contribution is 0.0420. The number of hydrogen-bond acceptors (Lipinski definition) is 3. The molecule has 0 saturated heterocycles. The third-order valence-electron chi connectivity index (χ3n) is 6.20. The lowest BCUT2D eigenvalue weighted by Crippen LogP contribution is -2.54. The minimum atomic E-state index is -0.390. The molecule has 0 saturated carbocycles. The van der Waals surface area contributed by atoms with Crippen LogP contribution in [0.5, 0.6) is 0 Å². The van der Waals surface area contributed by atoms with Gasteiger partial charge in [-0.15, -0.1) is 0 Å². The Balaban J connectivity index is 1.91. The molecule has 2 heterocycles. The number of hydrogen-bond donors (Lipinski definition) is 0. The molecule has 0 unspecified atom stereocenters. The molecule has 4 heteroatoms. The summed E-state index contributed by atoms with van der Waals surface area (Å²) in [6, 6.07) is 2.03. The van der Waals surface area contributed by atoms with Crippen molar-refractivity contribution in [1.29, 1.82) is 0 Å². The Morgan fingerprint density at radius 2 is 2.00 bits per heavy atom. The van der Waals surface area contributed by atoms with Crippen molar-refractivity contribution in [3.63, 3.8) is 0 Å². The van der Waals surface area contributed by atoms with E-state index in [4.69, 9.17) is 4.42 Å². The number of furan rings is 1. The zero-order valence-corrected chi connectivity index (χ0v) is 15.4. The highest BCUT2D eigenvalue weighted by atomic mass is 16.3. The molecule has 2 aliphatic carbocycles. The second kappa shape index (κ2) is 4.41. The molecule has 0 bridgehead atoms. The molecular weight excluding hydrogens is 300 g/mol. The molecule has 0 radical (unpaired) electrons. The minimum absolute atomic E-state index is 0.129. The number of Topliss-reactive ketones (excluding diaryl/α,β-unsaturated/α-hetero) is 1. The summed E-state index contributed by atoms with van der Waals surface area (Å²) in [4.78, 5) is 13.4. The summed E-state index contributed by atoms with van der Waals surface area (Å²) in [5.74, 6) is 1.49. The highest BCUT2D eigenvalue weighted by Gasteiger charge is 2.57. The minimum Gasteiger partial charge on any atom is -0.468 e. The van der Waals surface area contributed by atoms with E-state index < -0.39 is 0 Å². The third kappa shape index (κ3) is 1.80. The molecule has 0 spiro atoms. The van der Waals surface area contributed by atoms with Gasteiger partial charge in [-0.3, -0.25) is 9.48 Å². The van der Waals surface area contributed by atoms with Gasteiger partial charge in [0.25, 0.3) is 0 Å². The van der Waals surface area contributed by atoms with Gasteiger partial charge in [-0.2, -0.15) is 5.10 Å². The van der Waals surface area contributed by atoms with Gasteiger partial charge in [0.15, 0.2) is 5.78 Å². The van der Waals surface area contributed by atoms with Gasteiger partial charge in [-0.05, 0) is 51.2 Å². The van der Waals surface area contributed by atoms with E-state index in [0.717, 1.165) is 29.9 Å². The van der Waals surface area contributed by atoms with Gasteiger partial charge < -0.3 is 4.42 Å². The highest BCUT2D eigenvalue weighted by Crippen LogP contribution is 2.55. The molecule has 128 valence electrons. The lowest BCUT2D eigenvalue weighted by Gasteiger charge is -2.51. The van der Waals surface area contributed by atoms with Gasteiger partial charge in [-0.1, -0.05) is 20.8 Å². The Morgan fingerprint density at radius 1 is 1.29 bits per heavy atom. The number of carbonyl (C=O) groups is 1. The fourth-order valence-corrected chi connectivity index (χ4v) is 5.07. The molecular formula is C20H26N2O2. The summed E-state index contributed by atoms with van der Waals surface area (Å²) in [6.07, 6.45) is 5.16. The fourth-order valence-electron chi connectivity index (χ4n) is 5.07. The van der Waals surface area contributed by atoms with Crippen LogP contribution in [0.15, 0.2) is 22.9 Å². The van der Waals surface area contributed by atoms with Gasteiger partial charge in [0.05, 0.1) is 29.3 Å². The number of carbonyl (C=O) groups excluding carboxylic acids is 1. The van der Waals surface area contributed by atoms with Gasteiger partial charge in [0.1, 0.15) is 5.76 Å². The van der Waals surface area contributed by atoms with Crippen LogP contribution >= 0.6 is 0 Å². The topological polar surface area (TPSA) is 48.0 Å². The van der Waals surface area contributed by atoms with Crippen LogP contribution in [0.1, 0.15) is 68.9 Å². The number of aromatic nitrogens is 2. The van der Waals surface area contributed by atoms with E-state index in [-0.39, 0.29) is 28.1 Å². The SMILES string of the molecule is CC1(C)c2occc2C[C@]2(C)C(=O)c3cnn(C(C)(C)C)c3C[C@@H]12. The normalized spacial score (nSPS) is 28.2. The summed E-state index contributed by atoms with van der Waals surface area (Å²) in [5.41, 5.74) is 2.38. The van der Waals surface area contributed by atoms with Crippen molar-refractivity contribution < 1.29 is 9.21 Å². The molecule has 0 aromatic carbocycles. The van der Waals surface area contributed by atoms with E-state index in [1.54, 1.807) is 12.5 Å². The summed E-state index contributed by atoms with van der Waals surface area (Å²) >= 11 is 0. The predicted molar refractivity (Wildman–Crippen MR) is 92.3 cm³/mol. The monoisotopic (exact) mass is 326 g/mol. The van der Waals surface area contributed by atoms with Gasteiger partial charge in [-0.25, -0.2) is 0 Å². The Morgan fingerprint density at radius 3 is 2.67 bits per heavy atom. The van der Waals surface area contributed by atoms with Crippen molar-refractivity contribution in [2.24, 2.45) is 11.3 Å². The first-order chi connectivity index (χ1) is 11.1. The molecule has 0 fully saturated rings. The zero-order valence-electron chi connectivity index (χ0n) is 15.4. The van der Waals surface area contributed by atoms with Gasteiger partial charge in [0, 0.05) is 10.8 Å². The largest absolute Gasteiger partial charge is 0.468 e. The van der Waals surface area contributed by atoms with Crippen molar-refractivity contribution in [2.45, 2.75) is 65.3 Å². The van der Waals surface area contributed by atoms with Crippen LogP contribution in [-0.2, 0) is 23.8 Å². The smallest absolute Gasteiger partial charge is 0.172 e. The van der Waals surface area contributed by atoms with Crippen molar-refractivity contribution in [1.82, 2.24) is 9.78 Å². The Bertz CT molecular complexity index is 834. The van der Waals surface area contributed by atoms with Gasteiger partial charge >= 0.3 is 0 Å². The van der Waals surface area contributed by atoms with E-state index in [0.29, 0.717) is 0 Å². The Hall–Kier alpha value is -1.84. The van der Waals surface area contributed by atoms with Crippen LogP contribution in [0.3, 0.4) is 0 Å². The van der Waals surface area contributed by atoms with Crippen LogP contribution in [-0.4, -0.2) is 15.6 Å². The van der Waals surface area contributed by atoms with Gasteiger partial charge in [0.2, 0.25) is 0 Å². The van der Waals surface area contributed by atoms with E-state index in [1.807, 2.05) is 10.7 Å². The highest BCUT2D eigenvalue weighted by molar-refractivity contribution is 6.03. The van der Waals surface area contributed by atoms with E-state index in [9.17, 15) is 4.79 Å². The Kier molecular flexibility index (Phi) is 2.88. The standard InChI is InChI=1S/C20H26N2O2/c1-18(2,3)22-14-9-15-19(4,5)17-12(7-8-24-17)10-20(15,6)16(23)13(14)11-21-22/h7-8,11,15H,9-10H2,1-6H3/t15-,20-/m0/s1. The molecule has 2 aliphatic rings. The van der Waals surface area contributed by atoms with Crippen molar-refractivity contribution in [2.75, 3.05) is 0 Å². The molecule has 4 nitrogen and oxygen atoms in total. The number of ketones is 1. The quantitative estimate of drug-likeness (QED) is 0.731. The molecule has 4 rings (SSSR count). The first kappa shape index (κ1) is 15.7. The predicted octanol–water partition coefficient (Wildman–Crippen LogP) is 4.13. The first-order valence-electron chi connectivity index (χ1n) is 8.76. The van der Waals surface area contributed by atoms with Crippen LogP contribution in [0.2, 0.25) is 0 Å². The first-order valence-corrected chi connectivity index (χ1v) is 8.76.